The summed E-state index contributed by atoms with van der Waals surface area (Å²) in [7, 11) is 1.90. The molecule has 1 aromatic rings. The van der Waals surface area contributed by atoms with Gasteiger partial charge >= 0.3 is 0 Å². The normalized spacial score (nSPS) is 25.8. The van der Waals surface area contributed by atoms with Crippen LogP contribution >= 0.6 is 23.2 Å². The van der Waals surface area contributed by atoms with Gasteiger partial charge in [-0.2, -0.15) is 0 Å². The number of likely N-dealkylation sites (N-methyl/N-ethyl adjacent to an activating group) is 1. The zero-order chi connectivity index (χ0) is 18.0. The molecule has 3 rings (SSSR count). The number of nitrogens with two attached hydrogens (primary N) is 1. The van der Waals surface area contributed by atoms with E-state index in [1.807, 2.05) is 11.9 Å². The lowest BCUT2D eigenvalue weighted by atomic mass is 9.88. The van der Waals surface area contributed by atoms with Gasteiger partial charge in [0.05, 0.1) is 10.0 Å². The second-order valence-electron chi connectivity index (χ2n) is 7.26. The molecule has 6 heteroatoms. The summed E-state index contributed by atoms with van der Waals surface area (Å²) in [6.45, 7) is 2.31. The number of halogens is 2. The molecule has 1 heterocycles. The van der Waals surface area contributed by atoms with Crippen LogP contribution in [-0.4, -0.2) is 47.9 Å². The second kappa shape index (κ2) is 8.26. The molecule has 3 atom stereocenters. The summed E-state index contributed by atoms with van der Waals surface area (Å²) in [4.78, 5) is 17.5. The molecule has 0 spiro atoms. The Kier molecular flexibility index (Phi) is 6.26. The van der Waals surface area contributed by atoms with Crippen LogP contribution in [-0.2, 0) is 4.79 Å². The fourth-order valence-corrected chi connectivity index (χ4v) is 4.58. The summed E-state index contributed by atoms with van der Waals surface area (Å²) in [5, 5.41) is 0.900. The summed E-state index contributed by atoms with van der Waals surface area (Å²) in [5.41, 5.74) is 6.97. The van der Waals surface area contributed by atoms with E-state index in [4.69, 9.17) is 28.9 Å². The molecule has 0 aromatic heterocycles. The van der Waals surface area contributed by atoms with Crippen LogP contribution in [0.3, 0.4) is 0 Å². The van der Waals surface area contributed by atoms with Gasteiger partial charge in [-0.25, -0.2) is 0 Å². The van der Waals surface area contributed by atoms with Gasteiger partial charge in [-0.1, -0.05) is 42.1 Å². The lowest BCUT2D eigenvalue weighted by molar-refractivity contribution is -0.135. The zero-order valence-corrected chi connectivity index (χ0v) is 16.3. The first-order chi connectivity index (χ1) is 12.0. The number of likely N-dealkylation sites (tertiary alicyclic amines) is 1. The van der Waals surface area contributed by atoms with Crippen molar-refractivity contribution in [3.05, 3.63) is 33.8 Å². The summed E-state index contributed by atoms with van der Waals surface area (Å²) < 4.78 is 0. The van der Waals surface area contributed by atoms with Crippen LogP contribution in [0.5, 0.6) is 0 Å². The van der Waals surface area contributed by atoms with Crippen molar-refractivity contribution >= 4 is 29.1 Å². The third-order valence-electron chi connectivity index (χ3n) is 5.72. The molecule has 2 aliphatic rings. The SMILES string of the molecule is CN(C(=O)C(N)c1ccc(Cl)c(Cl)c1)[C@@H]1CCCC[C@H]1N1CCCC1. The Bertz CT molecular complexity index is 619. The smallest absolute Gasteiger partial charge is 0.244 e. The van der Waals surface area contributed by atoms with Gasteiger partial charge in [0.1, 0.15) is 6.04 Å². The van der Waals surface area contributed by atoms with Crippen LogP contribution in [0.25, 0.3) is 0 Å². The first-order valence-electron chi connectivity index (χ1n) is 9.20. The highest BCUT2D eigenvalue weighted by Crippen LogP contribution is 2.31. The highest BCUT2D eigenvalue weighted by molar-refractivity contribution is 6.42. The Morgan fingerprint density at radius 2 is 1.84 bits per heavy atom. The Morgan fingerprint density at radius 3 is 2.52 bits per heavy atom. The Balaban J connectivity index is 1.74. The fraction of sp³-hybridized carbons (Fsp3) is 0.632. The van der Waals surface area contributed by atoms with Gasteiger partial charge in [0, 0.05) is 19.1 Å². The maximum Gasteiger partial charge on any atom is 0.244 e. The molecule has 1 unspecified atom stereocenters. The minimum atomic E-state index is -0.707. The van der Waals surface area contributed by atoms with Gasteiger partial charge in [-0.05, 0) is 56.5 Å². The van der Waals surface area contributed by atoms with E-state index in [9.17, 15) is 4.79 Å². The molecule has 2 fully saturated rings. The highest BCUT2D eigenvalue weighted by atomic mass is 35.5. The van der Waals surface area contributed by atoms with Crippen LogP contribution in [0, 0.1) is 0 Å². The predicted molar refractivity (Wildman–Crippen MR) is 103 cm³/mol. The number of benzene rings is 1. The molecule has 1 amide bonds. The van der Waals surface area contributed by atoms with Crippen LogP contribution in [0.4, 0.5) is 0 Å². The average Bonchev–Trinajstić information content (AvgIpc) is 3.16. The first-order valence-corrected chi connectivity index (χ1v) is 9.96. The number of carbonyl (C=O) groups excluding carboxylic acids is 1. The van der Waals surface area contributed by atoms with Crippen molar-refractivity contribution < 1.29 is 4.79 Å². The van der Waals surface area contributed by atoms with Gasteiger partial charge in [-0.3, -0.25) is 9.69 Å². The lowest BCUT2D eigenvalue weighted by Crippen LogP contribution is -2.54. The van der Waals surface area contributed by atoms with Crippen LogP contribution in [0.15, 0.2) is 18.2 Å². The average molecular weight is 384 g/mol. The Labute approximate surface area is 160 Å². The number of rotatable bonds is 4. The van der Waals surface area contributed by atoms with Gasteiger partial charge in [0.15, 0.2) is 0 Å². The summed E-state index contributed by atoms with van der Waals surface area (Å²) in [6.07, 6.45) is 7.18. The quantitative estimate of drug-likeness (QED) is 0.858. The number of nitrogens with zero attached hydrogens (tertiary/aromatic N) is 2. The van der Waals surface area contributed by atoms with E-state index >= 15 is 0 Å². The van der Waals surface area contributed by atoms with Crippen LogP contribution in [0.2, 0.25) is 10.0 Å². The molecule has 25 heavy (non-hydrogen) atoms. The van der Waals surface area contributed by atoms with Crippen molar-refractivity contribution in [2.75, 3.05) is 20.1 Å². The van der Waals surface area contributed by atoms with E-state index in [0.29, 0.717) is 21.7 Å². The first kappa shape index (κ1) is 19.0. The molecule has 1 aliphatic carbocycles. The monoisotopic (exact) mass is 383 g/mol. The largest absolute Gasteiger partial charge is 0.340 e. The predicted octanol–water partition coefficient (Wildman–Crippen LogP) is 3.86. The molecule has 1 aliphatic heterocycles. The van der Waals surface area contributed by atoms with Crippen molar-refractivity contribution in [1.82, 2.24) is 9.80 Å². The van der Waals surface area contributed by atoms with Gasteiger partial charge < -0.3 is 10.6 Å². The molecule has 1 aromatic carbocycles. The maximum atomic E-state index is 13.0. The minimum absolute atomic E-state index is 0.0468. The summed E-state index contributed by atoms with van der Waals surface area (Å²) in [6, 6.07) is 5.17. The topological polar surface area (TPSA) is 49.6 Å². The Morgan fingerprint density at radius 1 is 1.16 bits per heavy atom. The molecule has 1 saturated heterocycles. The maximum absolute atomic E-state index is 13.0. The molecule has 4 nitrogen and oxygen atoms in total. The molecule has 1 saturated carbocycles. The third-order valence-corrected chi connectivity index (χ3v) is 6.46. The summed E-state index contributed by atoms with van der Waals surface area (Å²) in [5.74, 6) is -0.0468. The highest BCUT2D eigenvalue weighted by Gasteiger charge is 2.36. The van der Waals surface area contributed by atoms with Crippen LogP contribution in [0.1, 0.15) is 50.1 Å². The number of carbonyl (C=O) groups is 1. The standard InChI is InChI=1S/C19H27Cl2N3O/c1-23(16-6-2-3-7-17(16)24-10-4-5-11-24)19(25)18(22)13-8-9-14(20)15(21)12-13/h8-9,12,16-18H,2-7,10-11,22H2,1H3/t16-,17-,18?/m1/s1. The van der Waals surface area contributed by atoms with E-state index in [1.54, 1.807) is 18.2 Å². The van der Waals surface area contributed by atoms with Crippen LogP contribution < -0.4 is 5.73 Å². The van der Waals surface area contributed by atoms with Gasteiger partial charge in [0.25, 0.3) is 0 Å². The fourth-order valence-electron chi connectivity index (χ4n) is 4.27. The third kappa shape index (κ3) is 4.13. The zero-order valence-electron chi connectivity index (χ0n) is 14.8. The van der Waals surface area contributed by atoms with Crippen molar-refractivity contribution in [3.63, 3.8) is 0 Å². The second-order valence-corrected chi connectivity index (χ2v) is 8.08. The molecule has 0 radical (unpaired) electrons. The van der Waals surface area contributed by atoms with Crippen molar-refractivity contribution in [2.24, 2.45) is 5.73 Å². The molecular formula is C19H27Cl2N3O. The Hall–Kier alpha value is -0.810. The van der Waals surface area contributed by atoms with E-state index < -0.39 is 6.04 Å². The van der Waals surface area contributed by atoms with E-state index in [1.165, 1.54) is 32.1 Å². The molecule has 138 valence electrons. The van der Waals surface area contributed by atoms with Crippen molar-refractivity contribution in [3.8, 4) is 0 Å². The van der Waals surface area contributed by atoms with Gasteiger partial charge in [-0.15, -0.1) is 0 Å². The van der Waals surface area contributed by atoms with E-state index in [-0.39, 0.29) is 11.9 Å². The molecule has 2 N–H and O–H groups in total. The summed E-state index contributed by atoms with van der Waals surface area (Å²) >= 11 is 12.0. The van der Waals surface area contributed by atoms with Crippen molar-refractivity contribution in [2.45, 2.75) is 56.7 Å². The van der Waals surface area contributed by atoms with E-state index in [2.05, 4.69) is 4.90 Å². The number of hydrogen-bond acceptors (Lipinski definition) is 3. The lowest BCUT2D eigenvalue weighted by Gasteiger charge is -2.43. The van der Waals surface area contributed by atoms with Crippen molar-refractivity contribution in [1.29, 1.82) is 0 Å². The molecular weight excluding hydrogens is 357 g/mol. The molecule has 0 bridgehead atoms. The number of amides is 1. The number of hydrogen-bond donors (Lipinski definition) is 1. The minimum Gasteiger partial charge on any atom is -0.340 e. The van der Waals surface area contributed by atoms with E-state index in [0.717, 1.165) is 19.5 Å². The van der Waals surface area contributed by atoms with Gasteiger partial charge in [0.2, 0.25) is 5.91 Å².